The average molecular weight is 1140 g/mol. The number of fused-ring (bicyclic) bond motifs is 10. The van der Waals surface area contributed by atoms with Gasteiger partial charge in [-0.25, -0.2) is 9.97 Å². The van der Waals surface area contributed by atoms with Gasteiger partial charge in [0.1, 0.15) is 0 Å². The molecule has 434 valence electrons. The summed E-state index contributed by atoms with van der Waals surface area (Å²) < 4.78 is 5.39. The molecule has 2 aliphatic rings. The molecule has 3 aromatic heterocycles. The van der Waals surface area contributed by atoms with Gasteiger partial charge in [0.05, 0.1) is 22.4 Å². The van der Waals surface area contributed by atoms with Crippen molar-refractivity contribution >= 4 is 66.7 Å². The maximum Gasteiger partial charge on any atom is 0.252 e. The van der Waals surface area contributed by atoms with Crippen molar-refractivity contribution in [1.29, 1.82) is 0 Å². The zero-order chi connectivity index (χ0) is 61.4. The Labute approximate surface area is 516 Å². The largest absolute Gasteiger partial charge is 0.310 e. The van der Waals surface area contributed by atoms with Crippen LogP contribution in [0.5, 0.6) is 0 Å². The third-order valence-corrected chi connectivity index (χ3v) is 19.2. The molecule has 12 aromatic rings. The van der Waals surface area contributed by atoms with E-state index < -0.39 is 0 Å². The first kappa shape index (κ1) is 56.5. The molecular formula is C82H83BN4. The molecule has 0 saturated carbocycles. The van der Waals surface area contributed by atoms with Gasteiger partial charge < -0.3 is 9.13 Å². The average Bonchev–Trinajstić information content (AvgIpc) is 1.55. The zero-order valence-electron chi connectivity index (χ0n) is 54.6. The van der Waals surface area contributed by atoms with E-state index in [2.05, 4.69) is 310 Å². The van der Waals surface area contributed by atoms with Crippen molar-refractivity contribution in [2.75, 3.05) is 0 Å². The summed E-state index contributed by atoms with van der Waals surface area (Å²) in [7, 11) is 0. The Morgan fingerprint density at radius 3 is 1.02 bits per heavy atom. The van der Waals surface area contributed by atoms with Gasteiger partial charge in [-0.15, -0.1) is 0 Å². The van der Waals surface area contributed by atoms with Crippen LogP contribution in [0.25, 0.3) is 111 Å². The maximum absolute atomic E-state index is 5.64. The summed E-state index contributed by atoms with van der Waals surface area (Å²) in [5, 5.41) is 5.21. The van der Waals surface area contributed by atoms with E-state index in [4.69, 9.17) is 9.97 Å². The van der Waals surface area contributed by atoms with Crippen LogP contribution in [0.2, 0.25) is 0 Å². The van der Waals surface area contributed by atoms with Crippen molar-refractivity contribution in [2.24, 2.45) is 0 Å². The molecule has 0 spiro atoms. The molecule has 87 heavy (non-hydrogen) atoms. The van der Waals surface area contributed by atoms with Crippen molar-refractivity contribution in [1.82, 2.24) is 19.1 Å². The highest BCUT2D eigenvalue weighted by Gasteiger charge is 2.44. The first-order valence-corrected chi connectivity index (χ1v) is 31.7. The van der Waals surface area contributed by atoms with E-state index in [0.717, 1.165) is 28.1 Å². The normalized spacial score (nSPS) is 13.6. The second kappa shape index (κ2) is 19.1. The first-order valence-electron chi connectivity index (χ1n) is 31.7. The summed E-state index contributed by atoms with van der Waals surface area (Å²) >= 11 is 0. The number of aromatic nitrogens is 4. The molecular weight excluding hydrogens is 1050 g/mol. The fraction of sp³-hybridized carbons (Fsp3) is 0.293. The highest BCUT2D eigenvalue weighted by Crippen LogP contribution is 2.49. The molecule has 0 unspecified atom stereocenters. The molecule has 2 aliphatic heterocycles. The number of rotatable bonds is 5. The van der Waals surface area contributed by atoms with Gasteiger partial charge in [0.25, 0.3) is 6.71 Å². The Bertz CT molecular complexity index is 4500. The van der Waals surface area contributed by atoms with Crippen LogP contribution < -0.4 is 16.4 Å². The van der Waals surface area contributed by atoms with E-state index in [0.29, 0.717) is 5.82 Å². The van der Waals surface area contributed by atoms with Crippen molar-refractivity contribution in [3.63, 3.8) is 0 Å². The van der Waals surface area contributed by atoms with Crippen LogP contribution in [0.4, 0.5) is 0 Å². The van der Waals surface area contributed by atoms with Gasteiger partial charge in [-0.2, -0.15) is 0 Å². The molecule has 0 radical (unpaired) electrons. The molecule has 5 heterocycles. The van der Waals surface area contributed by atoms with Crippen LogP contribution in [0, 0.1) is 0 Å². The van der Waals surface area contributed by atoms with Crippen molar-refractivity contribution in [2.45, 2.75) is 157 Å². The Balaban J connectivity index is 1.21. The Morgan fingerprint density at radius 2 is 0.678 bits per heavy atom. The lowest BCUT2D eigenvalue weighted by atomic mass is 9.34. The van der Waals surface area contributed by atoms with Crippen molar-refractivity contribution in [3.8, 4) is 67.5 Å². The summed E-state index contributed by atoms with van der Waals surface area (Å²) in [5.74, 6) is 0.697. The lowest BCUT2D eigenvalue weighted by molar-refractivity contribution is 0.572. The quantitative estimate of drug-likeness (QED) is 0.161. The number of nitrogens with zero attached hydrogens (tertiary/aromatic N) is 4. The molecule has 4 nitrogen and oxygen atoms in total. The van der Waals surface area contributed by atoms with Crippen molar-refractivity contribution < 1.29 is 0 Å². The predicted octanol–water partition coefficient (Wildman–Crippen LogP) is 19.9. The Kier molecular flexibility index (Phi) is 12.4. The van der Waals surface area contributed by atoms with E-state index in [1.165, 1.54) is 127 Å². The molecule has 0 aliphatic carbocycles. The van der Waals surface area contributed by atoms with Crippen LogP contribution in [0.15, 0.2) is 176 Å². The highest BCUT2D eigenvalue weighted by atomic mass is 15.0. The molecule has 5 heteroatoms. The Hall–Kier alpha value is -8.28. The monoisotopic (exact) mass is 1130 g/mol. The van der Waals surface area contributed by atoms with Crippen LogP contribution in [0.3, 0.4) is 0 Å². The standard InChI is InChI=1S/C82H83BN4/c1-77(2,3)55-33-29-48(30-34-55)52-37-59-71-61(81(13,14)15)43-57(79(7,8)9)45-67(71)86-69-41-54(76-84-65(50-25-21-19-22-26-50)47-66(85-76)51-27-23-20-24-28-51)42-70-73(69)83(63(39-52)74(59)86)64-40-53(49-31-35-56(36-32-49)78(4,5)6)38-60-72-62(82(16,17)18)44-58(80(10,11)12)46-68(72)87(70)75(60)64/h19-47H,1-18H3. The van der Waals surface area contributed by atoms with Gasteiger partial charge in [0.2, 0.25) is 0 Å². The van der Waals surface area contributed by atoms with Crippen LogP contribution in [-0.2, 0) is 32.5 Å². The maximum atomic E-state index is 5.64. The predicted molar refractivity (Wildman–Crippen MR) is 375 cm³/mol. The first-order chi connectivity index (χ1) is 40.9. The van der Waals surface area contributed by atoms with Gasteiger partial charge >= 0.3 is 0 Å². The Morgan fingerprint density at radius 1 is 0.310 bits per heavy atom. The molecule has 0 atom stereocenters. The number of benzene rings is 9. The van der Waals surface area contributed by atoms with Gasteiger partial charge in [0, 0.05) is 60.6 Å². The summed E-state index contributed by atoms with van der Waals surface area (Å²) in [6, 6.07) is 67.7. The van der Waals surface area contributed by atoms with Crippen LogP contribution >= 0.6 is 0 Å². The third kappa shape index (κ3) is 9.23. The summed E-state index contributed by atoms with van der Waals surface area (Å²) in [4.78, 5) is 11.3. The smallest absolute Gasteiger partial charge is 0.252 e. The molecule has 0 saturated heterocycles. The molecule has 9 aromatic carbocycles. The van der Waals surface area contributed by atoms with E-state index >= 15 is 0 Å². The summed E-state index contributed by atoms with van der Waals surface area (Å²) in [6.45, 7) is 42.4. The van der Waals surface area contributed by atoms with E-state index in [9.17, 15) is 0 Å². The van der Waals surface area contributed by atoms with E-state index in [-0.39, 0.29) is 39.2 Å². The zero-order valence-corrected chi connectivity index (χ0v) is 54.6. The molecule has 0 amide bonds. The topological polar surface area (TPSA) is 35.6 Å². The van der Waals surface area contributed by atoms with Crippen molar-refractivity contribution in [3.05, 3.63) is 209 Å². The van der Waals surface area contributed by atoms with Gasteiger partial charge in [0.15, 0.2) is 5.82 Å². The second-order valence-electron chi connectivity index (χ2n) is 31.6. The number of hydrogen-bond donors (Lipinski definition) is 0. The van der Waals surface area contributed by atoms with Gasteiger partial charge in [-0.3, -0.25) is 0 Å². The lowest BCUT2D eigenvalue weighted by Crippen LogP contribution is -2.59. The van der Waals surface area contributed by atoms with Gasteiger partial charge in [-0.05, 0) is 147 Å². The second-order valence-corrected chi connectivity index (χ2v) is 31.6. The minimum Gasteiger partial charge on any atom is -0.310 e. The third-order valence-electron chi connectivity index (χ3n) is 19.2. The fourth-order valence-electron chi connectivity index (χ4n) is 14.2. The minimum atomic E-state index is -0.185. The summed E-state index contributed by atoms with van der Waals surface area (Å²) in [6.07, 6.45) is 0. The minimum absolute atomic E-state index is 0.0226. The number of hydrogen-bond acceptors (Lipinski definition) is 2. The molecule has 0 bridgehead atoms. The highest BCUT2D eigenvalue weighted by molar-refractivity contribution is 7.00. The molecule has 0 N–H and O–H groups in total. The fourth-order valence-corrected chi connectivity index (χ4v) is 14.2. The van der Waals surface area contributed by atoms with E-state index in [1.807, 2.05) is 0 Å². The van der Waals surface area contributed by atoms with Crippen LogP contribution in [0.1, 0.15) is 158 Å². The van der Waals surface area contributed by atoms with Crippen LogP contribution in [-0.4, -0.2) is 25.8 Å². The summed E-state index contributed by atoms with van der Waals surface area (Å²) in [5.41, 5.74) is 28.6. The molecule has 0 fully saturated rings. The van der Waals surface area contributed by atoms with E-state index in [1.54, 1.807) is 0 Å². The SMILES string of the molecule is CC(C)(C)c1ccc(-c2cc3c4c(c2)c2c(C(C)(C)C)cc(C(C)(C)C)cc2n4-c2cc(-c4nc(-c5ccccc5)cc(-c5ccccc5)n4)cc4c2B3c2cc(-c3ccc(C(C)(C)C)cc3)cc3c5c(C(C)(C)C)cc(C(C)(C)C)cc5n-4c23)cc1. The molecule has 14 rings (SSSR count). The van der Waals surface area contributed by atoms with Gasteiger partial charge in [-0.1, -0.05) is 258 Å². The lowest BCUT2D eigenvalue weighted by Gasteiger charge is -2.35.